The quantitative estimate of drug-likeness (QED) is 0.847. The molecule has 0 spiro atoms. The van der Waals surface area contributed by atoms with Gasteiger partial charge in [-0.05, 0) is 37.1 Å². The summed E-state index contributed by atoms with van der Waals surface area (Å²) in [4.78, 5) is 17.9. The average Bonchev–Trinajstić information content (AvgIpc) is 3.02. The number of carbonyl (C=O) groups is 1. The van der Waals surface area contributed by atoms with E-state index in [1.165, 1.54) is 25.7 Å². The molecule has 0 N–H and O–H groups in total. The molecule has 108 valence electrons. The molecule has 20 heavy (non-hydrogen) atoms. The standard InChI is InChI=1S/C16H22N2OS/c19-16(13-5-7-15(20)8-6-13)18-11-9-17(10-12-18)14-3-1-2-4-14/h5-8,14,20H,1-4,9-12H2. The van der Waals surface area contributed by atoms with Gasteiger partial charge in [-0.15, -0.1) is 12.6 Å². The van der Waals surface area contributed by atoms with Crippen LogP contribution in [0.15, 0.2) is 29.2 Å². The Morgan fingerprint density at radius 2 is 1.60 bits per heavy atom. The topological polar surface area (TPSA) is 23.6 Å². The van der Waals surface area contributed by atoms with Gasteiger partial charge in [0.1, 0.15) is 0 Å². The summed E-state index contributed by atoms with van der Waals surface area (Å²) in [5, 5.41) is 0. The number of rotatable bonds is 2. The first kappa shape index (κ1) is 14.0. The van der Waals surface area contributed by atoms with E-state index in [2.05, 4.69) is 17.5 Å². The maximum atomic E-state index is 12.4. The van der Waals surface area contributed by atoms with Gasteiger partial charge in [0.2, 0.25) is 0 Å². The summed E-state index contributed by atoms with van der Waals surface area (Å²) >= 11 is 4.26. The van der Waals surface area contributed by atoms with Crippen molar-refractivity contribution in [3.05, 3.63) is 29.8 Å². The Morgan fingerprint density at radius 3 is 2.20 bits per heavy atom. The first-order valence-electron chi connectivity index (χ1n) is 7.56. The van der Waals surface area contributed by atoms with Gasteiger partial charge in [-0.1, -0.05) is 12.8 Å². The smallest absolute Gasteiger partial charge is 0.253 e. The number of nitrogens with zero attached hydrogens (tertiary/aromatic N) is 2. The Labute approximate surface area is 126 Å². The summed E-state index contributed by atoms with van der Waals surface area (Å²) in [5.41, 5.74) is 0.775. The van der Waals surface area contributed by atoms with E-state index in [9.17, 15) is 4.79 Å². The zero-order valence-electron chi connectivity index (χ0n) is 11.8. The summed E-state index contributed by atoms with van der Waals surface area (Å²) in [5.74, 6) is 0.157. The van der Waals surface area contributed by atoms with Crippen molar-refractivity contribution in [3.63, 3.8) is 0 Å². The molecule has 1 aliphatic heterocycles. The Hall–Kier alpha value is -1.00. The molecule has 0 radical (unpaired) electrons. The van der Waals surface area contributed by atoms with Gasteiger partial charge in [0.25, 0.3) is 5.91 Å². The molecule has 1 aromatic carbocycles. The lowest BCUT2D eigenvalue weighted by Gasteiger charge is -2.38. The van der Waals surface area contributed by atoms with Crippen molar-refractivity contribution in [2.45, 2.75) is 36.6 Å². The van der Waals surface area contributed by atoms with E-state index in [-0.39, 0.29) is 5.91 Å². The highest BCUT2D eigenvalue weighted by molar-refractivity contribution is 7.80. The second-order valence-corrected chi connectivity index (χ2v) is 6.33. The van der Waals surface area contributed by atoms with E-state index >= 15 is 0 Å². The molecule has 0 bridgehead atoms. The minimum atomic E-state index is 0.157. The second kappa shape index (κ2) is 6.19. The summed E-state index contributed by atoms with van der Waals surface area (Å²) in [6.07, 6.45) is 5.44. The summed E-state index contributed by atoms with van der Waals surface area (Å²) in [7, 11) is 0. The molecule has 1 heterocycles. The van der Waals surface area contributed by atoms with Crippen molar-refractivity contribution in [3.8, 4) is 0 Å². The third-order valence-corrected chi connectivity index (χ3v) is 4.85. The minimum Gasteiger partial charge on any atom is -0.336 e. The van der Waals surface area contributed by atoms with Crippen LogP contribution in [0.5, 0.6) is 0 Å². The van der Waals surface area contributed by atoms with Crippen molar-refractivity contribution < 1.29 is 4.79 Å². The predicted molar refractivity (Wildman–Crippen MR) is 83.4 cm³/mol. The number of carbonyl (C=O) groups excluding carboxylic acids is 1. The van der Waals surface area contributed by atoms with Gasteiger partial charge in [-0.2, -0.15) is 0 Å². The largest absolute Gasteiger partial charge is 0.336 e. The fraction of sp³-hybridized carbons (Fsp3) is 0.562. The van der Waals surface area contributed by atoms with E-state index < -0.39 is 0 Å². The van der Waals surface area contributed by atoms with Crippen LogP contribution in [0.25, 0.3) is 0 Å². The third kappa shape index (κ3) is 3.01. The molecule has 1 saturated heterocycles. The normalized spacial score (nSPS) is 21.4. The molecule has 1 aliphatic carbocycles. The van der Waals surface area contributed by atoms with Gasteiger partial charge in [-0.3, -0.25) is 9.69 Å². The summed E-state index contributed by atoms with van der Waals surface area (Å²) in [6.45, 7) is 3.78. The monoisotopic (exact) mass is 290 g/mol. The lowest BCUT2D eigenvalue weighted by Crippen LogP contribution is -2.51. The van der Waals surface area contributed by atoms with Crippen molar-refractivity contribution in [2.24, 2.45) is 0 Å². The van der Waals surface area contributed by atoms with Gasteiger partial charge in [-0.25, -0.2) is 0 Å². The first-order valence-corrected chi connectivity index (χ1v) is 8.01. The number of hydrogen-bond acceptors (Lipinski definition) is 3. The van der Waals surface area contributed by atoms with Crippen LogP contribution in [0.4, 0.5) is 0 Å². The van der Waals surface area contributed by atoms with Gasteiger partial charge in [0.05, 0.1) is 0 Å². The van der Waals surface area contributed by atoms with Crippen molar-refractivity contribution in [1.29, 1.82) is 0 Å². The summed E-state index contributed by atoms with van der Waals surface area (Å²) in [6, 6.07) is 8.27. The maximum Gasteiger partial charge on any atom is 0.253 e. The molecular weight excluding hydrogens is 268 g/mol. The number of hydrogen-bond donors (Lipinski definition) is 1. The second-order valence-electron chi connectivity index (χ2n) is 5.81. The SMILES string of the molecule is O=C(c1ccc(S)cc1)N1CCN(C2CCCC2)CC1. The van der Waals surface area contributed by atoms with Crippen molar-refractivity contribution in [1.82, 2.24) is 9.80 Å². The van der Waals surface area contributed by atoms with Crippen LogP contribution in [0.3, 0.4) is 0 Å². The van der Waals surface area contributed by atoms with Gasteiger partial charge in [0, 0.05) is 42.7 Å². The predicted octanol–water partition coefficient (Wildman–Crippen LogP) is 2.68. The zero-order valence-corrected chi connectivity index (χ0v) is 12.7. The maximum absolute atomic E-state index is 12.4. The average molecular weight is 290 g/mol. The highest BCUT2D eigenvalue weighted by Crippen LogP contribution is 2.24. The van der Waals surface area contributed by atoms with Crippen molar-refractivity contribution in [2.75, 3.05) is 26.2 Å². The Morgan fingerprint density at radius 1 is 1.00 bits per heavy atom. The fourth-order valence-corrected chi connectivity index (χ4v) is 3.50. The molecule has 2 fully saturated rings. The molecule has 1 amide bonds. The lowest BCUT2D eigenvalue weighted by atomic mass is 10.1. The highest BCUT2D eigenvalue weighted by Gasteiger charge is 2.28. The van der Waals surface area contributed by atoms with Crippen LogP contribution in [-0.4, -0.2) is 47.9 Å². The van der Waals surface area contributed by atoms with E-state index in [4.69, 9.17) is 0 Å². The van der Waals surface area contributed by atoms with Crippen LogP contribution in [0.2, 0.25) is 0 Å². The minimum absolute atomic E-state index is 0.157. The Bertz CT molecular complexity index is 460. The first-order chi connectivity index (χ1) is 9.74. The molecule has 0 atom stereocenters. The van der Waals surface area contributed by atoms with Crippen LogP contribution >= 0.6 is 12.6 Å². The molecule has 3 nitrogen and oxygen atoms in total. The lowest BCUT2D eigenvalue weighted by molar-refractivity contribution is 0.0573. The molecule has 4 heteroatoms. The molecule has 1 aromatic rings. The molecular formula is C16H22N2OS. The number of thiol groups is 1. The molecule has 3 rings (SSSR count). The Balaban J connectivity index is 1.57. The van der Waals surface area contributed by atoms with Crippen LogP contribution in [0, 0.1) is 0 Å². The van der Waals surface area contributed by atoms with E-state index in [0.29, 0.717) is 0 Å². The van der Waals surface area contributed by atoms with E-state index in [0.717, 1.165) is 42.7 Å². The van der Waals surface area contributed by atoms with Gasteiger partial charge in [0.15, 0.2) is 0 Å². The molecule has 1 saturated carbocycles. The van der Waals surface area contributed by atoms with Crippen molar-refractivity contribution >= 4 is 18.5 Å². The molecule has 0 unspecified atom stereocenters. The van der Waals surface area contributed by atoms with E-state index in [1.807, 2.05) is 29.2 Å². The fourth-order valence-electron chi connectivity index (χ4n) is 3.35. The summed E-state index contributed by atoms with van der Waals surface area (Å²) < 4.78 is 0. The number of benzene rings is 1. The molecule has 2 aliphatic rings. The van der Waals surface area contributed by atoms with Crippen LogP contribution < -0.4 is 0 Å². The number of amides is 1. The number of piperazine rings is 1. The van der Waals surface area contributed by atoms with Crippen LogP contribution in [0.1, 0.15) is 36.0 Å². The third-order valence-electron chi connectivity index (χ3n) is 4.56. The van der Waals surface area contributed by atoms with E-state index in [1.54, 1.807) is 0 Å². The van der Waals surface area contributed by atoms with Gasteiger partial charge >= 0.3 is 0 Å². The Kier molecular flexibility index (Phi) is 4.32. The van der Waals surface area contributed by atoms with Gasteiger partial charge < -0.3 is 4.90 Å². The van der Waals surface area contributed by atoms with Crippen LogP contribution in [-0.2, 0) is 0 Å². The molecule has 0 aromatic heterocycles. The highest BCUT2D eigenvalue weighted by atomic mass is 32.1. The zero-order chi connectivity index (χ0) is 13.9.